The number of carbonyl (C=O) groups is 1. The van der Waals surface area contributed by atoms with E-state index in [1.54, 1.807) is 31.7 Å². The van der Waals surface area contributed by atoms with E-state index < -0.39 is 6.10 Å². The molecule has 29 heavy (non-hydrogen) atoms. The number of allylic oxidation sites excluding steroid dienone is 1. The monoisotopic (exact) mass is 396 g/mol. The summed E-state index contributed by atoms with van der Waals surface area (Å²) < 4.78 is 0. The summed E-state index contributed by atoms with van der Waals surface area (Å²) in [6, 6.07) is 5.20. The SMILES string of the molecule is CCNC(=O)Nc1ccc(/C=C(\C=NNC)c2cnc(C(O)CC)cc2C)cn1. The average molecular weight is 396 g/mol. The number of carbonyl (C=O) groups excluding carboxylic acids is 1. The van der Waals surface area contributed by atoms with Crippen LogP contribution in [0.5, 0.6) is 0 Å². The Kier molecular flexibility index (Phi) is 8.29. The number of aromatic nitrogens is 2. The molecule has 0 spiro atoms. The van der Waals surface area contributed by atoms with Gasteiger partial charge >= 0.3 is 6.03 Å². The molecule has 1 unspecified atom stereocenters. The molecule has 0 aliphatic heterocycles. The quantitative estimate of drug-likeness (QED) is 0.405. The van der Waals surface area contributed by atoms with Crippen LogP contribution in [0.1, 0.15) is 48.8 Å². The van der Waals surface area contributed by atoms with Gasteiger partial charge in [0.15, 0.2) is 0 Å². The summed E-state index contributed by atoms with van der Waals surface area (Å²) in [5, 5.41) is 19.5. The van der Waals surface area contributed by atoms with Crippen LogP contribution in [-0.2, 0) is 0 Å². The molecule has 0 fully saturated rings. The number of hydrogen-bond acceptors (Lipinski definition) is 6. The predicted molar refractivity (Wildman–Crippen MR) is 117 cm³/mol. The van der Waals surface area contributed by atoms with Gasteiger partial charge in [0.05, 0.1) is 18.0 Å². The molecule has 0 aliphatic rings. The lowest BCUT2D eigenvalue weighted by Crippen LogP contribution is -2.28. The lowest BCUT2D eigenvalue weighted by atomic mass is 10.00. The van der Waals surface area contributed by atoms with Gasteiger partial charge in [-0.15, -0.1) is 0 Å². The highest BCUT2D eigenvalue weighted by atomic mass is 16.3. The van der Waals surface area contributed by atoms with Crippen LogP contribution in [0.4, 0.5) is 10.6 Å². The molecule has 8 nitrogen and oxygen atoms in total. The molecule has 154 valence electrons. The van der Waals surface area contributed by atoms with Gasteiger partial charge in [-0.25, -0.2) is 9.78 Å². The van der Waals surface area contributed by atoms with Crippen molar-refractivity contribution in [1.29, 1.82) is 0 Å². The van der Waals surface area contributed by atoms with E-state index in [9.17, 15) is 9.90 Å². The molecule has 2 aromatic rings. The third kappa shape index (κ3) is 6.39. The molecule has 0 aliphatic carbocycles. The van der Waals surface area contributed by atoms with Crippen LogP contribution in [0.15, 0.2) is 35.7 Å². The Hall–Kier alpha value is -3.26. The fraction of sp³-hybridized carbons (Fsp3) is 0.333. The van der Waals surface area contributed by atoms with E-state index in [1.165, 1.54) is 0 Å². The van der Waals surface area contributed by atoms with E-state index in [4.69, 9.17) is 0 Å². The molecule has 8 heteroatoms. The molecule has 2 rings (SSSR count). The summed E-state index contributed by atoms with van der Waals surface area (Å²) in [6.07, 6.45) is 7.10. The van der Waals surface area contributed by atoms with Gasteiger partial charge in [-0.3, -0.25) is 10.3 Å². The van der Waals surface area contributed by atoms with Crippen molar-refractivity contribution in [3.05, 3.63) is 53.0 Å². The summed E-state index contributed by atoms with van der Waals surface area (Å²) in [5.41, 5.74) is 6.98. The van der Waals surface area contributed by atoms with Crippen LogP contribution in [0.25, 0.3) is 11.6 Å². The maximum atomic E-state index is 11.6. The molecule has 2 amide bonds. The Morgan fingerprint density at radius 1 is 1.28 bits per heavy atom. The molecule has 2 aromatic heterocycles. The number of nitrogens with one attached hydrogen (secondary N) is 3. The number of urea groups is 1. The summed E-state index contributed by atoms with van der Waals surface area (Å²) in [6.45, 7) is 6.28. The number of anilines is 1. The Labute approximate surface area is 171 Å². The van der Waals surface area contributed by atoms with Crippen molar-refractivity contribution in [2.45, 2.75) is 33.3 Å². The second-order valence-electron chi connectivity index (χ2n) is 6.39. The molecule has 0 saturated heterocycles. The smallest absolute Gasteiger partial charge is 0.320 e. The van der Waals surface area contributed by atoms with Crippen LogP contribution in [-0.4, -0.2) is 40.9 Å². The van der Waals surface area contributed by atoms with Gasteiger partial charge in [0.25, 0.3) is 0 Å². The second-order valence-corrected chi connectivity index (χ2v) is 6.39. The number of aryl methyl sites for hydroxylation is 1. The molecule has 0 radical (unpaired) electrons. The van der Waals surface area contributed by atoms with E-state index in [-0.39, 0.29) is 6.03 Å². The van der Waals surface area contributed by atoms with Crippen molar-refractivity contribution in [3.63, 3.8) is 0 Å². The summed E-state index contributed by atoms with van der Waals surface area (Å²) in [5.74, 6) is 0.467. The van der Waals surface area contributed by atoms with Gasteiger partial charge in [-0.05, 0) is 55.7 Å². The van der Waals surface area contributed by atoms with Gasteiger partial charge in [-0.2, -0.15) is 5.10 Å². The minimum Gasteiger partial charge on any atom is -0.387 e. The van der Waals surface area contributed by atoms with Crippen LogP contribution >= 0.6 is 0 Å². The van der Waals surface area contributed by atoms with Gasteiger partial charge < -0.3 is 15.8 Å². The highest BCUT2D eigenvalue weighted by Gasteiger charge is 2.11. The zero-order valence-corrected chi connectivity index (χ0v) is 17.2. The van der Waals surface area contributed by atoms with Crippen LogP contribution in [0, 0.1) is 6.92 Å². The number of rotatable bonds is 8. The molecule has 0 aromatic carbocycles. The van der Waals surface area contributed by atoms with Crippen molar-refractivity contribution < 1.29 is 9.90 Å². The number of nitrogens with zero attached hydrogens (tertiary/aromatic N) is 3. The van der Waals surface area contributed by atoms with Crippen molar-refractivity contribution in [3.8, 4) is 0 Å². The maximum absolute atomic E-state index is 11.6. The van der Waals surface area contributed by atoms with Gasteiger partial charge in [0.1, 0.15) is 5.82 Å². The van der Waals surface area contributed by atoms with Crippen LogP contribution in [0.3, 0.4) is 0 Å². The normalized spacial score (nSPS) is 12.7. The van der Waals surface area contributed by atoms with Gasteiger partial charge in [0.2, 0.25) is 0 Å². The first-order chi connectivity index (χ1) is 14.0. The van der Waals surface area contributed by atoms with E-state index in [0.29, 0.717) is 24.5 Å². The molecule has 4 N–H and O–H groups in total. The highest BCUT2D eigenvalue weighted by molar-refractivity contribution is 6.16. The maximum Gasteiger partial charge on any atom is 0.320 e. The number of pyridine rings is 2. The number of hydrazone groups is 1. The number of hydrogen-bond donors (Lipinski definition) is 4. The predicted octanol–water partition coefficient (Wildman–Crippen LogP) is 3.12. The first-order valence-corrected chi connectivity index (χ1v) is 9.55. The molecule has 1 atom stereocenters. The fourth-order valence-electron chi connectivity index (χ4n) is 2.66. The zero-order chi connectivity index (χ0) is 21.2. The highest BCUT2D eigenvalue weighted by Crippen LogP contribution is 2.23. The average Bonchev–Trinajstić information content (AvgIpc) is 2.72. The first kappa shape index (κ1) is 22.0. The molecular formula is C21H28N6O2. The summed E-state index contributed by atoms with van der Waals surface area (Å²) in [4.78, 5) is 20.3. The van der Waals surface area contributed by atoms with E-state index >= 15 is 0 Å². The van der Waals surface area contributed by atoms with E-state index in [2.05, 4.69) is 31.1 Å². The van der Waals surface area contributed by atoms with Crippen LogP contribution in [0.2, 0.25) is 0 Å². The lowest BCUT2D eigenvalue weighted by Gasteiger charge is -2.12. The largest absolute Gasteiger partial charge is 0.387 e. The van der Waals surface area contributed by atoms with Crippen molar-refractivity contribution in [1.82, 2.24) is 20.7 Å². The topological polar surface area (TPSA) is 112 Å². The van der Waals surface area contributed by atoms with Gasteiger partial charge in [-0.1, -0.05) is 6.92 Å². The number of aliphatic hydroxyl groups is 1. The Balaban J connectivity index is 2.31. The van der Waals surface area contributed by atoms with Crippen LogP contribution < -0.4 is 16.1 Å². The fourth-order valence-corrected chi connectivity index (χ4v) is 2.66. The third-order valence-electron chi connectivity index (χ3n) is 4.19. The van der Waals surface area contributed by atoms with Crippen molar-refractivity contribution in [2.24, 2.45) is 5.10 Å². The zero-order valence-electron chi connectivity index (χ0n) is 17.2. The summed E-state index contributed by atoms with van der Waals surface area (Å²) in [7, 11) is 1.73. The first-order valence-electron chi connectivity index (χ1n) is 9.55. The van der Waals surface area contributed by atoms with Gasteiger partial charge in [0, 0.05) is 37.1 Å². The van der Waals surface area contributed by atoms with Crippen molar-refractivity contribution in [2.75, 3.05) is 18.9 Å². The Morgan fingerprint density at radius 2 is 2.07 bits per heavy atom. The number of aliphatic hydroxyl groups excluding tert-OH is 1. The lowest BCUT2D eigenvalue weighted by molar-refractivity contribution is 0.169. The molecular weight excluding hydrogens is 368 g/mol. The Morgan fingerprint density at radius 3 is 2.66 bits per heavy atom. The van der Waals surface area contributed by atoms with E-state index in [0.717, 1.165) is 22.3 Å². The molecule has 2 heterocycles. The minimum atomic E-state index is -0.574. The second kappa shape index (κ2) is 10.9. The summed E-state index contributed by atoms with van der Waals surface area (Å²) >= 11 is 0. The minimum absolute atomic E-state index is 0.291. The molecule has 0 bridgehead atoms. The third-order valence-corrected chi connectivity index (χ3v) is 4.19. The standard InChI is InChI=1S/C21H28N6O2/c1-5-19(28)18-9-14(3)17(13-24-18)16(12-26-22-4)10-15-7-8-20(25-11-15)27-21(29)23-6-2/h7-13,19,22,28H,5-6H2,1-4H3,(H2,23,25,27,29)/b16-10+,26-12?. The number of amides is 2. The van der Waals surface area contributed by atoms with E-state index in [1.807, 2.05) is 39.0 Å². The van der Waals surface area contributed by atoms with Crippen molar-refractivity contribution >= 4 is 29.7 Å². The molecule has 0 saturated carbocycles. The Bertz CT molecular complexity index is 877.